The number of esters is 1. The van der Waals surface area contributed by atoms with Crippen molar-refractivity contribution in [2.24, 2.45) is 5.92 Å². The summed E-state index contributed by atoms with van der Waals surface area (Å²) < 4.78 is 12.3. The highest BCUT2D eigenvalue weighted by atomic mass is 28.4. The first-order chi connectivity index (χ1) is 12.3. The molecular weight excluding hydrogens is 340 g/mol. The van der Waals surface area contributed by atoms with Gasteiger partial charge in [-0.15, -0.1) is 0 Å². The molecule has 0 N–H and O–H groups in total. The van der Waals surface area contributed by atoms with Crippen LogP contribution in [0.1, 0.15) is 34.1 Å². The Hall–Kier alpha value is -1.91. The largest absolute Gasteiger partial charge is 0.460 e. The van der Waals surface area contributed by atoms with Gasteiger partial charge in [-0.05, 0) is 15.4 Å². The zero-order valence-corrected chi connectivity index (χ0v) is 17.1. The highest BCUT2D eigenvalue weighted by Crippen LogP contribution is 2.37. The summed E-state index contributed by atoms with van der Waals surface area (Å²) in [6.07, 6.45) is 0.318. The summed E-state index contributed by atoms with van der Waals surface area (Å²) in [5.74, 6) is 0.0780. The molecule has 0 unspecified atom stereocenters. The Kier molecular flexibility index (Phi) is 5.35. The molecule has 3 rings (SSSR count). The van der Waals surface area contributed by atoms with Gasteiger partial charge < -0.3 is 9.16 Å². The van der Waals surface area contributed by atoms with Gasteiger partial charge in [0.15, 0.2) is 0 Å². The van der Waals surface area contributed by atoms with Crippen LogP contribution in [0.4, 0.5) is 0 Å². The molecule has 1 aliphatic heterocycles. The molecule has 2 atom stereocenters. The van der Waals surface area contributed by atoms with Crippen molar-refractivity contribution in [3.05, 3.63) is 60.7 Å². The van der Waals surface area contributed by atoms with Crippen molar-refractivity contribution < 1.29 is 14.0 Å². The van der Waals surface area contributed by atoms with Gasteiger partial charge in [0.25, 0.3) is 8.32 Å². The number of carbonyl (C=O) groups excluding carboxylic acids is 1. The molecule has 2 aromatic rings. The maximum Gasteiger partial charge on any atom is 0.306 e. The van der Waals surface area contributed by atoms with E-state index in [2.05, 4.69) is 76.2 Å². The van der Waals surface area contributed by atoms with E-state index in [-0.39, 0.29) is 23.0 Å². The molecular formula is C22H28O3Si. The number of rotatable bonds is 5. The molecule has 1 aliphatic rings. The van der Waals surface area contributed by atoms with Crippen molar-refractivity contribution in [2.45, 2.75) is 45.3 Å². The minimum Gasteiger partial charge on any atom is -0.460 e. The Morgan fingerprint density at radius 1 is 1.00 bits per heavy atom. The molecule has 26 heavy (non-hydrogen) atoms. The SMILES string of the molecule is C[C@@H]1CC(=O)O[C@H]1CO[Si](c1ccccc1)(c1ccccc1)C(C)(C)C. The lowest BCUT2D eigenvalue weighted by atomic mass is 10.1. The molecule has 0 bridgehead atoms. The van der Waals surface area contributed by atoms with Gasteiger partial charge in [-0.1, -0.05) is 88.4 Å². The lowest BCUT2D eigenvalue weighted by molar-refractivity contribution is -0.142. The van der Waals surface area contributed by atoms with E-state index in [1.165, 1.54) is 10.4 Å². The number of hydrogen-bond donors (Lipinski definition) is 0. The van der Waals surface area contributed by atoms with Crippen molar-refractivity contribution >= 4 is 24.7 Å². The average Bonchev–Trinajstić information content (AvgIpc) is 2.94. The third kappa shape index (κ3) is 3.48. The van der Waals surface area contributed by atoms with Crippen LogP contribution >= 0.6 is 0 Å². The minimum atomic E-state index is -2.56. The predicted octanol–water partition coefficient (Wildman–Crippen LogP) is 3.51. The number of carbonyl (C=O) groups is 1. The maximum absolute atomic E-state index is 11.7. The van der Waals surface area contributed by atoms with Gasteiger partial charge in [0.05, 0.1) is 13.0 Å². The lowest BCUT2D eigenvalue weighted by Gasteiger charge is -2.43. The summed E-state index contributed by atoms with van der Waals surface area (Å²) in [7, 11) is -2.56. The molecule has 2 aromatic carbocycles. The predicted molar refractivity (Wildman–Crippen MR) is 107 cm³/mol. The standard InChI is InChI=1S/C22H28O3Si/c1-17-15-21(23)25-20(17)16-24-26(22(2,3)4,18-11-7-5-8-12-18)19-13-9-6-10-14-19/h5-14,17,20H,15-16H2,1-4H3/t17-,20+/m1/s1. The zero-order chi connectivity index (χ0) is 18.8. The van der Waals surface area contributed by atoms with Crippen molar-refractivity contribution in [3.8, 4) is 0 Å². The molecule has 0 spiro atoms. The third-order valence-corrected chi connectivity index (χ3v) is 10.3. The smallest absolute Gasteiger partial charge is 0.306 e. The van der Waals surface area contributed by atoms with Crippen molar-refractivity contribution in [3.63, 3.8) is 0 Å². The van der Waals surface area contributed by atoms with E-state index in [0.29, 0.717) is 13.0 Å². The van der Waals surface area contributed by atoms with Crippen LogP contribution in [0, 0.1) is 5.92 Å². The van der Waals surface area contributed by atoms with Gasteiger partial charge in [0.2, 0.25) is 0 Å². The van der Waals surface area contributed by atoms with Crippen LogP contribution in [-0.4, -0.2) is 27.0 Å². The van der Waals surface area contributed by atoms with Crippen LogP contribution < -0.4 is 10.4 Å². The molecule has 4 heteroatoms. The first-order valence-corrected chi connectivity index (χ1v) is 11.2. The average molecular weight is 369 g/mol. The Bertz CT molecular complexity index is 697. The number of cyclic esters (lactones) is 1. The zero-order valence-electron chi connectivity index (χ0n) is 16.1. The first kappa shape index (κ1) is 18.9. The molecule has 0 saturated carbocycles. The van der Waals surface area contributed by atoms with Gasteiger partial charge >= 0.3 is 5.97 Å². The molecule has 0 amide bonds. The van der Waals surface area contributed by atoms with Crippen LogP contribution in [-0.2, 0) is 14.0 Å². The van der Waals surface area contributed by atoms with Crippen LogP contribution in [0.15, 0.2) is 60.7 Å². The van der Waals surface area contributed by atoms with Crippen LogP contribution in [0.5, 0.6) is 0 Å². The molecule has 0 radical (unpaired) electrons. The van der Waals surface area contributed by atoms with E-state index in [0.717, 1.165) is 0 Å². The van der Waals surface area contributed by atoms with Gasteiger partial charge in [-0.2, -0.15) is 0 Å². The summed E-state index contributed by atoms with van der Waals surface area (Å²) in [4.78, 5) is 11.7. The summed E-state index contributed by atoms with van der Waals surface area (Å²) in [5.41, 5.74) is 0. The fraction of sp³-hybridized carbons (Fsp3) is 0.409. The van der Waals surface area contributed by atoms with E-state index in [9.17, 15) is 4.79 Å². The van der Waals surface area contributed by atoms with Crippen molar-refractivity contribution in [2.75, 3.05) is 6.61 Å². The van der Waals surface area contributed by atoms with E-state index in [1.54, 1.807) is 0 Å². The summed E-state index contributed by atoms with van der Waals surface area (Å²) in [6.45, 7) is 9.26. The summed E-state index contributed by atoms with van der Waals surface area (Å²) in [5, 5.41) is 2.42. The third-order valence-electron chi connectivity index (χ3n) is 5.29. The van der Waals surface area contributed by atoms with Crippen molar-refractivity contribution in [1.29, 1.82) is 0 Å². The van der Waals surface area contributed by atoms with E-state index < -0.39 is 8.32 Å². The second-order valence-electron chi connectivity index (χ2n) is 8.18. The van der Waals surface area contributed by atoms with Crippen LogP contribution in [0.25, 0.3) is 0 Å². The summed E-state index contributed by atoms with van der Waals surface area (Å²) in [6, 6.07) is 21.1. The van der Waals surface area contributed by atoms with E-state index in [1.807, 2.05) is 12.1 Å². The normalized spacial score (nSPS) is 20.8. The molecule has 1 heterocycles. The minimum absolute atomic E-state index is 0.0679. The highest BCUT2D eigenvalue weighted by molar-refractivity contribution is 6.99. The Morgan fingerprint density at radius 3 is 1.88 bits per heavy atom. The molecule has 138 valence electrons. The van der Waals surface area contributed by atoms with Gasteiger partial charge in [0.1, 0.15) is 6.10 Å². The first-order valence-electron chi connectivity index (χ1n) is 9.29. The number of benzene rings is 2. The molecule has 3 nitrogen and oxygen atoms in total. The van der Waals surface area contributed by atoms with Crippen molar-refractivity contribution in [1.82, 2.24) is 0 Å². The molecule has 0 aromatic heterocycles. The van der Waals surface area contributed by atoms with Crippen LogP contribution in [0.3, 0.4) is 0 Å². The van der Waals surface area contributed by atoms with Gasteiger partial charge in [-0.3, -0.25) is 4.79 Å². The van der Waals surface area contributed by atoms with E-state index >= 15 is 0 Å². The number of ether oxygens (including phenoxy) is 1. The summed E-state index contributed by atoms with van der Waals surface area (Å²) >= 11 is 0. The second kappa shape index (κ2) is 7.37. The Balaban J connectivity index is 2.04. The maximum atomic E-state index is 11.7. The van der Waals surface area contributed by atoms with E-state index in [4.69, 9.17) is 9.16 Å². The quantitative estimate of drug-likeness (QED) is 0.598. The fourth-order valence-electron chi connectivity index (χ4n) is 3.89. The highest BCUT2D eigenvalue weighted by Gasteiger charge is 2.51. The molecule has 1 fully saturated rings. The van der Waals surface area contributed by atoms with Gasteiger partial charge in [0, 0.05) is 5.92 Å². The molecule has 0 aliphatic carbocycles. The second-order valence-corrected chi connectivity index (χ2v) is 12.5. The Morgan fingerprint density at radius 2 is 1.50 bits per heavy atom. The Labute approximate surface area is 157 Å². The fourth-order valence-corrected chi connectivity index (χ4v) is 8.46. The number of hydrogen-bond acceptors (Lipinski definition) is 3. The monoisotopic (exact) mass is 368 g/mol. The van der Waals surface area contributed by atoms with Crippen LogP contribution in [0.2, 0.25) is 5.04 Å². The molecule has 1 saturated heterocycles. The lowest BCUT2D eigenvalue weighted by Crippen LogP contribution is -2.67. The topological polar surface area (TPSA) is 35.5 Å². The van der Waals surface area contributed by atoms with Gasteiger partial charge in [-0.25, -0.2) is 0 Å².